The van der Waals surface area contributed by atoms with Gasteiger partial charge >= 0.3 is 0 Å². The summed E-state index contributed by atoms with van der Waals surface area (Å²) in [4.78, 5) is 34.2. The molecule has 0 spiro atoms. The summed E-state index contributed by atoms with van der Waals surface area (Å²) in [7, 11) is -5.77. The van der Waals surface area contributed by atoms with E-state index in [4.69, 9.17) is 14.7 Å². The Bertz CT molecular complexity index is 2730. The molecule has 4 aromatic carbocycles. The Morgan fingerprint density at radius 3 is 1.38 bits per heavy atom. The van der Waals surface area contributed by atoms with Crippen molar-refractivity contribution in [3.8, 4) is 28.3 Å². The van der Waals surface area contributed by atoms with Gasteiger partial charge in [0.05, 0.1) is 38.1 Å². The van der Waals surface area contributed by atoms with Crippen molar-refractivity contribution in [2.24, 2.45) is 0 Å². The molecule has 0 aliphatic carbocycles. The second-order valence-corrected chi connectivity index (χ2v) is 19.4. The fourth-order valence-corrected chi connectivity index (χ4v) is 11.4. The molecule has 0 N–H and O–H groups in total. The zero-order chi connectivity index (χ0) is 43.3. The van der Waals surface area contributed by atoms with E-state index in [2.05, 4.69) is 22.8 Å². The average Bonchev–Trinajstić information content (AvgIpc) is 3.99. The first-order chi connectivity index (χ1) is 29.3. The fraction of sp³-hybridized carbons (Fsp3) is 0.250. The van der Waals surface area contributed by atoms with E-state index >= 15 is 0 Å². The van der Waals surface area contributed by atoms with Crippen LogP contribution in [0.5, 0.6) is 5.75 Å². The van der Waals surface area contributed by atoms with E-state index in [9.17, 15) is 37.1 Å². The number of hydrogen-bond donors (Lipinski definition) is 0. The molecule has 0 unspecified atom stereocenters. The standard InChI is InChI=1S/C20H20N4O5S2.C20H20N4O4S2/c1-29-19-5-3-2-4-17(19)18-14-30-20(21-18)22-10-12-23(13-11-22)31(27,28)16-8-6-15(7-9-16)24(25)26;1-15-4-2-3-5-18(15)19-14-29-20(21-19)22-10-12-23(13-11-22)30(27,28)17-8-6-16(7-9-17)24(25)26/h2-9,14H,10-13H2,1H3;2-9,14H,10-13H2,1H3. The summed E-state index contributed by atoms with van der Waals surface area (Å²) in [6.45, 7) is 5.41. The van der Waals surface area contributed by atoms with E-state index in [-0.39, 0.29) is 21.2 Å². The van der Waals surface area contributed by atoms with Gasteiger partial charge in [-0.3, -0.25) is 20.2 Å². The Morgan fingerprint density at radius 2 is 0.967 bits per heavy atom. The lowest BCUT2D eigenvalue weighted by molar-refractivity contribution is -0.385. The van der Waals surface area contributed by atoms with E-state index in [0.29, 0.717) is 52.4 Å². The normalized spacial score (nSPS) is 15.2. The maximum Gasteiger partial charge on any atom is 0.269 e. The van der Waals surface area contributed by atoms with Gasteiger partial charge in [0.25, 0.3) is 11.4 Å². The number of aromatic nitrogens is 2. The third-order valence-electron chi connectivity index (χ3n) is 10.2. The quantitative estimate of drug-likeness (QED) is 0.0974. The van der Waals surface area contributed by atoms with Crippen LogP contribution in [0.3, 0.4) is 0 Å². The third kappa shape index (κ3) is 9.56. The molecular formula is C40H40N8O9S4. The number of anilines is 2. The van der Waals surface area contributed by atoms with Gasteiger partial charge in [-0.25, -0.2) is 26.8 Å². The molecule has 0 radical (unpaired) electrons. The van der Waals surface area contributed by atoms with Crippen LogP contribution >= 0.6 is 22.7 Å². The summed E-state index contributed by atoms with van der Waals surface area (Å²) in [6, 6.07) is 25.7. The Balaban J connectivity index is 0.000000184. The predicted molar refractivity (Wildman–Crippen MR) is 235 cm³/mol. The molecule has 21 heteroatoms. The summed E-state index contributed by atoms with van der Waals surface area (Å²) in [5.74, 6) is 0.748. The van der Waals surface area contributed by atoms with Crippen LogP contribution in [0, 0.1) is 27.2 Å². The lowest BCUT2D eigenvalue weighted by Gasteiger charge is -2.33. The molecule has 6 aromatic rings. The molecule has 2 fully saturated rings. The van der Waals surface area contributed by atoms with Gasteiger partial charge in [0.15, 0.2) is 10.3 Å². The Labute approximate surface area is 360 Å². The van der Waals surface area contributed by atoms with Crippen molar-refractivity contribution in [3.05, 3.63) is 134 Å². The highest BCUT2D eigenvalue weighted by Crippen LogP contribution is 2.34. The van der Waals surface area contributed by atoms with Crippen LogP contribution in [0.2, 0.25) is 0 Å². The highest BCUT2D eigenvalue weighted by atomic mass is 32.2. The van der Waals surface area contributed by atoms with Gasteiger partial charge in [-0.15, -0.1) is 22.7 Å². The molecule has 0 amide bonds. The Kier molecular flexibility index (Phi) is 13.1. The number of methoxy groups -OCH3 is 1. The molecule has 2 saturated heterocycles. The summed E-state index contributed by atoms with van der Waals surface area (Å²) in [6.07, 6.45) is 0. The largest absolute Gasteiger partial charge is 0.496 e. The first-order valence-corrected chi connectivity index (χ1v) is 23.5. The second kappa shape index (κ2) is 18.4. The first kappa shape index (κ1) is 43.3. The van der Waals surface area contributed by atoms with Gasteiger partial charge in [-0.05, 0) is 48.9 Å². The molecule has 318 valence electrons. The number of ether oxygens (including phenoxy) is 1. The van der Waals surface area contributed by atoms with Gasteiger partial charge in [-0.2, -0.15) is 8.61 Å². The van der Waals surface area contributed by atoms with E-state index in [0.717, 1.165) is 44.1 Å². The number of piperazine rings is 2. The molecule has 17 nitrogen and oxygen atoms in total. The van der Waals surface area contributed by atoms with Gasteiger partial charge in [0.1, 0.15) is 5.75 Å². The number of benzene rings is 4. The highest BCUT2D eigenvalue weighted by Gasteiger charge is 2.31. The van der Waals surface area contributed by atoms with Crippen molar-refractivity contribution in [3.63, 3.8) is 0 Å². The average molecular weight is 905 g/mol. The number of aryl methyl sites for hydroxylation is 1. The monoisotopic (exact) mass is 904 g/mol. The zero-order valence-corrected chi connectivity index (χ0v) is 36.2. The summed E-state index contributed by atoms with van der Waals surface area (Å²) >= 11 is 3.06. The van der Waals surface area contributed by atoms with Crippen molar-refractivity contribution in [1.82, 2.24) is 18.6 Å². The third-order valence-corrected chi connectivity index (χ3v) is 15.8. The number of nitro groups is 2. The number of thiazole rings is 2. The van der Waals surface area contributed by atoms with Gasteiger partial charge in [0, 0.05) is 98.5 Å². The Hall–Kier alpha value is -5.84. The molecule has 0 atom stereocenters. The molecule has 0 saturated carbocycles. The van der Waals surface area contributed by atoms with Crippen LogP contribution in [0.15, 0.2) is 118 Å². The van der Waals surface area contributed by atoms with E-state index in [1.165, 1.54) is 68.5 Å². The molecule has 4 heterocycles. The van der Waals surface area contributed by atoms with E-state index < -0.39 is 29.9 Å². The van der Waals surface area contributed by atoms with Crippen LogP contribution in [0.1, 0.15) is 5.56 Å². The Morgan fingerprint density at radius 1 is 0.574 bits per heavy atom. The number of sulfonamides is 2. The molecule has 2 aromatic heterocycles. The van der Waals surface area contributed by atoms with E-state index in [1.54, 1.807) is 18.4 Å². The minimum absolute atomic E-state index is 0.0549. The number of rotatable bonds is 11. The number of nitrogens with zero attached hydrogens (tertiary/aromatic N) is 8. The lowest BCUT2D eigenvalue weighted by Crippen LogP contribution is -2.48. The smallest absolute Gasteiger partial charge is 0.269 e. The van der Waals surface area contributed by atoms with Crippen LogP contribution in [-0.2, 0) is 20.0 Å². The molecule has 61 heavy (non-hydrogen) atoms. The summed E-state index contributed by atoms with van der Waals surface area (Å²) in [5, 5.41) is 27.3. The van der Waals surface area contributed by atoms with Crippen molar-refractivity contribution >= 4 is 64.4 Å². The van der Waals surface area contributed by atoms with Gasteiger partial charge in [-0.1, -0.05) is 36.4 Å². The number of hydrogen-bond acceptors (Lipinski definition) is 15. The molecule has 8 rings (SSSR count). The summed E-state index contributed by atoms with van der Waals surface area (Å²) < 4.78 is 59.7. The van der Waals surface area contributed by atoms with Crippen molar-refractivity contribution in [2.45, 2.75) is 16.7 Å². The topological polar surface area (TPSA) is 203 Å². The van der Waals surface area contributed by atoms with Crippen LogP contribution in [0.25, 0.3) is 22.5 Å². The molecule has 2 aliphatic heterocycles. The van der Waals surface area contributed by atoms with Gasteiger partial charge in [0.2, 0.25) is 20.0 Å². The predicted octanol–water partition coefficient (Wildman–Crippen LogP) is 6.78. The highest BCUT2D eigenvalue weighted by molar-refractivity contribution is 7.89. The van der Waals surface area contributed by atoms with Crippen molar-refractivity contribution in [2.75, 3.05) is 69.3 Å². The molecule has 0 bridgehead atoms. The number of non-ortho nitro benzene ring substituents is 2. The second-order valence-electron chi connectivity index (χ2n) is 13.8. The first-order valence-electron chi connectivity index (χ1n) is 18.9. The van der Waals surface area contributed by atoms with Gasteiger partial charge < -0.3 is 14.5 Å². The van der Waals surface area contributed by atoms with Crippen LogP contribution in [-0.4, -0.2) is 105 Å². The van der Waals surface area contributed by atoms with E-state index in [1.807, 2.05) is 53.2 Å². The minimum atomic E-state index is -3.71. The number of nitro benzene ring substituents is 2. The van der Waals surface area contributed by atoms with Crippen LogP contribution < -0.4 is 14.5 Å². The molecule has 2 aliphatic rings. The fourth-order valence-electron chi connectivity index (χ4n) is 6.80. The SMILES string of the molecule is COc1ccccc1-c1csc(N2CCN(S(=O)(=O)c3ccc([N+](=O)[O-])cc3)CC2)n1.Cc1ccccc1-c1csc(N2CCN(S(=O)(=O)c3ccc([N+](=O)[O-])cc3)CC2)n1. The van der Waals surface area contributed by atoms with Crippen molar-refractivity contribution in [1.29, 1.82) is 0 Å². The lowest BCUT2D eigenvalue weighted by atomic mass is 10.1. The van der Waals surface area contributed by atoms with Crippen LogP contribution in [0.4, 0.5) is 21.6 Å². The minimum Gasteiger partial charge on any atom is -0.496 e. The summed E-state index contributed by atoms with van der Waals surface area (Å²) in [5.41, 5.74) is 4.64. The number of para-hydroxylation sites is 1. The zero-order valence-electron chi connectivity index (χ0n) is 32.9. The molecular weight excluding hydrogens is 865 g/mol. The maximum absolute atomic E-state index is 12.9. The van der Waals surface area contributed by atoms with Crippen molar-refractivity contribution < 1.29 is 31.4 Å². The maximum atomic E-state index is 12.9.